The fraction of sp³-hybridized carbons (Fsp3) is 0.600. The van der Waals surface area contributed by atoms with Gasteiger partial charge in [-0.25, -0.2) is 0 Å². The number of likely N-dealkylation sites (tertiary alicyclic amines) is 1. The molecule has 1 fully saturated rings. The zero-order chi connectivity index (χ0) is 12.1. The molecule has 1 aliphatic heterocycles. The third-order valence-electron chi connectivity index (χ3n) is 3.95. The molecule has 0 radical (unpaired) electrons. The van der Waals surface area contributed by atoms with E-state index in [4.69, 9.17) is 5.73 Å². The summed E-state index contributed by atoms with van der Waals surface area (Å²) >= 11 is 0. The Bertz CT molecular complexity index is 323. The lowest BCUT2D eigenvalue weighted by Gasteiger charge is -2.32. The fourth-order valence-corrected chi connectivity index (χ4v) is 3.00. The van der Waals surface area contributed by atoms with Gasteiger partial charge in [0, 0.05) is 18.6 Å². The van der Waals surface area contributed by atoms with Gasteiger partial charge in [0.2, 0.25) is 0 Å². The van der Waals surface area contributed by atoms with Crippen LogP contribution in [0.4, 0.5) is 0 Å². The molecule has 1 aromatic carbocycles. The second-order valence-electron chi connectivity index (χ2n) is 5.02. The van der Waals surface area contributed by atoms with Gasteiger partial charge in [-0.2, -0.15) is 0 Å². The average molecular weight is 232 g/mol. The van der Waals surface area contributed by atoms with Gasteiger partial charge in [-0.15, -0.1) is 0 Å². The minimum absolute atomic E-state index is 0.518. The van der Waals surface area contributed by atoms with Gasteiger partial charge in [-0.1, -0.05) is 37.3 Å². The molecule has 1 aliphatic rings. The van der Waals surface area contributed by atoms with Crippen molar-refractivity contribution < 1.29 is 0 Å². The standard InChI is InChI=1S/C15H24N2/c1-2-14-9-6-10-17(14)15(12-16)11-13-7-4-3-5-8-13/h3-5,7-8,14-15H,2,6,9-12,16H2,1H3. The van der Waals surface area contributed by atoms with E-state index in [1.807, 2.05) is 0 Å². The van der Waals surface area contributed by atoms with Crippen LogP contribution in [0.1, 0.15) is 31.7 Å². The molecule has 2 nitrogen and oxygen atoms in total. The van der Waals surface area contributed by atoms with Crippen molar-refractivity contribution in [3.8, 4) is 0 Å². The average Bonchev–Trinajstić information content (AvgIpc) is 2.85. The van der Waals surface area contributed by atoms with Gasteiger partial charge in [0.05, 0.1) is 0 Å². The van der Waals surface area contributed by atoms with Crippen molar-refractivity contribution in [1.82, 2.24) is 4.90 Å². The molecule has 1 aromatic rings. The molecule has 2 heteroatoms. The quantitative estimate of drug-likeness (QED) is 0.845. The summed E-state index contributed by atoms with van der Waals surface area (Å²) in [5.41, 5.74) is 7.38. The number of benzene rings is 1. The van der Waals surface area contributed by atoms with Crippen LogP contribution in [-0.4, -0.2) is 30.1 Å². The molecular weight excluding hydrogens is 208 g/mol. The summed E-state index contributed by atoms with van der Waals surface area (Å²) in [6.07, 6.45) is 5.03. The lowest BCUT2D eigenvalue weighted by Crippen LogP contribution is -2.44. The third kappa shape index (κ3) is 3.08. The van der Waals surface area contributed by atoms with Crippen LogP contribution in [0.15, 0.2) is 30.3 Å². The maximum absolute atomic E-state index is 5.98. The number of rotatable bonds is 5. The SMILES string of the molecule is CCC1CCCN1C(CN)Cc1ccccc1. The monoisotopic (exact) mass is 232 g/mol. The summed E-state index contributed by atoms with van der Waals surface area (Å²) in [5, 5.41) is 0. The molecule has 0 saturated carbocycles. The fourth-order valence-electron chi connectivity index (χ4n) is 3.00. The van der Waals surface area contributed by atoms with Gasteiger partial charge >= 0.3 is 0 Å². The summed E-state index contributed by atoms with van der Waals surface area (Å²) in [6.45, 7) is 4.29. The Morgan fingerprint density at radius 1 is 1.35 bits per heavy atom. The Morgan fingerprint density at radius 2 is 2.12 bits per heavy atom. The zero-order valence-corrected chi connectivity index (χ0v) is 10.8. The molecule has 94 valence electrons. The van der Waals surface area contributed by atoms with Crippen molar-refractivity contribution in [1.29, 1.82) is 0 Å². The second-order valence-corrected chi connectivity index (χ2v) is 5.02. The minimum atomic E-state index is 0.518. The molecule has 0 bridgehead atoms. The zero-order valence-electron chi connectivity index (χ0n) is 10.8. The van der Waals surface area contributed by atoms with Crippen molar-refractivity contribution in [3.05, 3.63) is 35.9 Å². The van der Waals surface area contributed by atoms with E-state index in [2.05, 4.69) is 42.2 Å². The summed E-state index contributed by atoms with van der Waals surface area (Å²) in [5.74, 6) is 0. The van der Waals surface area contributed by atoms with Gasteiger partial charge in [-0.3, -0.25) is 4.90 Å². The molecule has 1 heterocycles. The Hall–Kier alpha value is -0.860. The lowest BCUT2D eigenvalue weighted by molar-refractivity contribution is 0.178. The van der Waals surface area contributed by atoms with Crippen LogP contribution < -0.4 is 5.73 Å². The number of nitrogens with two attached hydrogens (primary N) is 1. The summed E-state index contributed by atoms with van der Waals surface area (Å²) < 4.78 is 0. The van der Waals surface area contributed by atoms with E-state index in [9.17, 15) is 0 Å². The van der Waals surface area contributed by atoms with Crippen molar-refractivity contribution >= 4 is 0 Å². The third-order valence-corrected chi connectivity index (χ3v) is 3.95. The lowest BCUT2D eigenvalue weighted by atomic mass is 10.0. The van der Waals surface area contributed by atoms with Crippen LogP contribution in [0.2, 0.25) is 0 Å². The Morgan fingerprint density at radius 3 is 2.76 bits per heavy atom. The molecular formula is C15H24N2. The maximum Gasteiger partial charge on any atom is 0.0261 e. The Balaban J connectivity index is 2.01. The first-order chi connectivity index (χ1) is 8.35. The van der Waals surface area contributed by atoms with E-state index >= 15 is 0 Å². The van der Waals surface area contributed by atoms with Crippen LogP contribution >= 0.6 is 0 Å². The highest BCUT2D eigenvalue weighted by molar-refractivity contribution is 5.16. The van der Waals surface area contributed by atoms with E-state index < -0.39 is 0 Å². The van der Waals surface area contributed by atoms with Crippen LogP contribution in [0.3, 0.4) is 0 Å². The van der Waals surface area contributed by atoms with Crippen molar-refractivity contribution in [3.63, 3.8) is 0 Å². The molecule has 0 aromatic heterocycles. The van der Waals surface area contributed by atoms with Crippen molar-refractivity contribution in [2.24, 2.45) is 5.73 Å². The first-order valence-electron chi connectivity index (χ1n) is 6.85. The van der Waals surface area contributed by atoms with E-state index in [0.29, 0.717) is 6.04 Å². The molecule has 2 unspecified atom stereocenters. The second kappa shape index (κ2) is 6.18. The normalized spacial score (nSPS) is 22.8. The van der Waals surface area contributed by atoms with Crippen molar-refractivity contribution in [2.45, 2.75) is 44.7 Å². The molecule has 0 amide bonds. The molecule has 1 saturated heterocycles. The van der Waals surface area contributed by atoms with Gasteiger partial charge in [0.1, 0.15) is 0 Å². The van der Waals surface area contributed by atoms with Gasteiger partial charge in [0.25, 0.3) is 0 Å². The van der Waals surface area contributed by atoms with Crippen LogP contribution in [0, 0.1) is 0 Å². The Labute approximate surface area is 105 Å². The highest BCUT2D eigenvalue weighted by Crippen LogP contribution is 2.23. The number of hydrogen-bond acceptors (Lipinski definition) is 2. The largest absolute Gasteiger partial charge is 0.329 e. The minimum Gasteiger partial charge on any atom is -0.329 e. The molecule has 17 heavy (non-hydrogen) atoms. The summed E-state index contributed by atoms with van der Waals surface area (Å²) in [7, 11) is 0. The van der Waals surface area contributed by atoms with Crippen LogP contribution in [0.25, 0.3) is 0 Å². The van der Waals surface area contributed by atoms with Gasteiger partial charge < -0.3 is 5.73 Å². The predicted molar refractivity (Wildman–Crippen MR) is 73.0 cm³/mol. The highest BCUT2D eigenvalue weighted by atomic mass is 15.2. The highest BCUT2D eigenvalue weighted by Gasteiger charge is 2.28. The number of hydrogen-bond donors (Lipinski definition) is 1. The van der Waals surface area contributed by atoms with Gasteiger partial charge in [-0.05, 0) is 37.8 Å². The van der Waals surface area contributed by atoms with E-state index in [1.54, 1.807) is 0 Å². The summed E-state index contributed by atoms with van der Waals surface area (Å²) in [6, 6.07) is 12.0. The molecule has 0 aliphatic carbocycles. The molecule has 0 spiro atoms. The molecule has 2 N–H and O–H groups in total. The first kappa shape index (κ1) is 12.6. The van der Waals surface area contributed by atoms with Crippen molar-refractivity contribution in [2.75, 3.05) is 13.1 Å². The van der Waals surface area contributed by atoms with E-state index in [0.717, 1.165) is 19.0 Å². The van der Waals surface area contributed by atoms with E-state index in [1.165, 1.54) is 31.4 Å². The Kier molecular flexibility index (Phi) is 4.57. The smallest absolute Gasteiger partial charge is 0.0261 e. The van der Waals surface area contributed by atoms with Gasteiger partial charge in [0.15, 0.2) is 0 Å². The maximum atomic E-state index is 5.98. The van der Waals surface area contributed by atoms with Crippen LogP contribution in [0.5, 0.6) is 0 Å². The summed E-state index contributed by atoms with van der Waals surface area (Å²) in [4.78, 5) is 2.63. The first-order valence-corrected chi connectivity index (χ1v) is 6.85. The number of nitrogens with zero attached hydrogens (tertiary/aromatic N) is 1. The van der Waals surface area contributed by atoms with E-state index in [-0.39, 0.29) is 0 Å². The predicted octanol–water partition coefficient (Wildman–Crippen LogP) is 2.43. The topological polar surface area (TPSA) is 29.3 Å². The molecule has 2 atom stereocenters. The van der Waals surface area contributed by atoms with Crippen LogP contribution in [-0.2, 0) is 6.42 Å². The molecule has 2 rings (SSSR count).